The minimum absolute atomic E-state index is 0.0256. The Morgan fingerprint density at radius 1 is 1.06 bits per heavy atom. The van der Waals surface area contributed by atoms with Gasteiger partial charge in [0, 0.05) is 23.9 Å². The van der Waals surface area contributed by atoms with Crippen LogP contribution in [0.15, 0.2) is 30.3 Å². The van der Waals surface area contributed by atoms with E-state index in [1.807, 2.05) is 34.9 Å². The molecule has 1 saturated heterocycles. The molecule has 5 rings (SSSR count). The summed E-state index contributed by atoms with van der Waals surface area (Å²) >= 11 is 0. The number of aryl methyl sites for hydroxylation is 2. The van der Waals surface area contributed by atoms with Crippen molar-refractivity contribution in [1.29, 1.82) is 0 Å². The van der Waals surface area contributed by atoms with E-state index in [0.29, 0.717) is 12.5 Å². The van der Waals surface area contributed by atoms with Gasteiger partial charge in [-0.05, 0) is 73.9 Å². The molecule has 0 unspecified atom stereocenters. The molecule has 0 bridgehead atoms. The second kappa shape index (κ2) is 8.95. The molecule has 180 valence electrons. The monoisotopic (exact) mass is 463 g/mol. The molecule has 1 aliphatic carbocycles. The summed E-state index contributed by atoms with van der Waals surface area (Å²) < 4.78 is 11.0. The van der Waals surface area contributed by atoms with Gasteiger partial charge in [0.2, 0.25) is 5.91 Å². The Morgan fingerprint density at radius 2 is 1.79 bits per heavy atom. The van der Waals surface area contributed by atoms with Crippen molar-refractivity contribution in [3.63, 3.8) is 0 Å². The number of hydrogen-bond acceptors (Lipinski definition) is 4. The second-order valence-corrected chi connectivity index (χ2v) is 9.88. The average molecular weight is 464 g/mol. The summed E-state index contributed by atoms with van der Waals surface area (Å²) in [7, 11) is 1.65. The zero-order valence-corrected chi connectivity index (χ0v) is 20.2. The molecular weight excluding hydrogens is 430 g/mol. The molecule has 2 fully saturated rings. The number of carbonyl (C=O) groups is 2. The number of rotatable bonds is 5. The Kier molecular flexibility index (Phi) is 5.98. The highest BCUT2D eigenvalue weighted by molar-refractivity contribution is 6.02. The largest absolute Gasteiger partial charge is 0.496 e. The van der Waals surface area contributed by atoms with Crippen molar-refractivity contribution in [3.8, 4) is 5.75 Å². The van der Waals surface area contributed by atoms with Crippen molar-refractivity contribution in [1.82, 2.24) is 4.90 Å². The number of nitrogens with zero attached hydrogens (tertiary/aromatic N) is 2. The molecule has 2 aliphatic heterocycles. The van der Waals surface area contributed by atoms with Gasteiger partial charge in [0.1, 0.15) is 5.75 Å². The number of anilines is 2. The number of nitrogens with two attached hydrogens (primary N) is 1. The second-order valence-electron chi connectivity index (χ2n) is 9.88. The smallest absolute Gasteiger partial charge is 0.329 e. The lowest BCUT2D eigenvalue weighted by atomic mass is 9.84. The third-order valence-electron chi connectivity index (χ3n) is 7.78. The number of carbonyl (C=O) groups excluding carboxylic acids is 2. The van der Waals surface area contributed by atoms with Gasteiger partial charge < -0.3 is 20.1 Å². The number of methoxy groups -OCH3 is 1. The Morgan fingerprint density at radius 3 is 2.41 bits per heavy atom. The number of fused-ring (bicyclic) bond motifs is 1. The zero-order chi connectivity index (χ0) is 24.0. The van der Waals surface area contributed by atoms with E-state index in [0.717, 1.165) is 61.6 Å². The van der Waals surface area contributed by atoms with Crippen molar-refractivity contribution >= 4 is 23.3 Å². The summed E-state index contributed by atoms with van der Waals surface area (Å²) in [6.07, 6.45) is 3.04. The van der Waals surface area contributed by atoms with Gasteiger partial charge in [-0.15, -0.1) is 0 Å². The first-order chi connectivity index (χ1) is 16.4. The normalized spacial score (nSPS) is 22.9. The summed E-state index contributed by atoms with van der Waals surface area (Å²) in [6, 6.07) is 10.4. The molecule has 0 radical (unpaired) electrons. The number of urea groups is 1. The highest BCUT2D eigenvalue weighted by atomic mass is 16.5. The van der Waals surface area contributed by atoms with E-state index in [-0.39, 0.29) is 23.9 Å². The van der Waals surface area contributed by atoms with Gasteiger partial charge in [-0.1, -0.05) is 12.1 Å². The minimum atomic E-state index is -0.231. The Balaban J connectivity index is 1.56. The van der Waals surface area contributed by atoms with Crippen LogP contribution in [0.25, 0.3) is 0 Å². The number of benzene rings is 2. The Labute approximate surface area is 200 Å². The lowest BCUT2D eigenvalue weighted by Gasteiger charge is -2.44. The molecule has 2 N–H and O–H groups in total. The van der Waals surface area contributed by atoms with E-state index in [9.17, 15) is 9.59 Å². The fourth-order valence-corrected chi connectivity index (χ4v) is 5.52. The van der Waals surface area contributed by atoms with Crippen LogP contribution in [0.4, 0.5) is 16.2 Å². The number of amides is 3. The molecule has 1 saturated carbocycles. The Hall–Kier alpha value is -3.06. The van der Waals surface area contributed by atoms with Gasteiger partial charge in [0.25, 0.3) is 0 Å². The van der Waals surface area contributed by atoms with E-state index < -0.39 is 0 Å². The van der Waals surface area contributed by atoms with Crippen LogP contribution in [0.5, 0.6) is 5.75 Å². The van der Waals surface area contributed by atoms with Crippen LogP contribution in [0, 0.1) is 19.8 Å². The zero-order valence-electron chi connectivity index (χ0n) is 20.2. The maximum absolute atomic E-state index is 14.1. The fraction of sp³-hybridized carbons (Fsp3) is 0.481. The number of primary amides is 1. The van der Waals surface area contributed by atoms with Gasteiger partial charge >= 0.3 is 6.03 Å². The Bertz CT molecular complexity index is 1120. The third-order valence-corrected chi connectivity index (χ3v) is 7.78. The predicted octanol–water partition coefficient (Wildman–Crippen LogP) is 4.54. The van der Waals surface area contributed by atoms with E-state index in [4.69, 9.17) is 15.2 Å². The molecule has 7 heteroatoms. The maximum Gasteiger partial charge on any atom is 0.329 e. The van der Waals surface area contributed by atoms with Crippen molar-refractivity contribution in [2.24, 2.45) is 11.7 Å². The standard InChI is InChI=1S/C27H33N3O4/c1-16-4-7-22(12-25(16)33-3)30-24-11-19(20-14-34-15-20)10-17(2)23(24)13-29(27(30)32)21-8-5-18(6-9-21)26(28)31/h4,7,10-12,18,20-21H,5-6,8-9,13-15H2,1-3H3,(H2,28,31). The molecule has 34 heavy (non-hydrogen) atoms. The molecule has 2 heterocycles. The van der Waals surface area contributed by atoms with Gasteiger partial charge in [-0.3, -0.25) is 9.69 Å². The van der Waals surface area contributed by atoms with E-state index in [2.05, 4.69) is 19.1 Å². The first kappa shape index (κ1) is 22.7. The number of ether oxygens (including phenoxy) is 2. The van der Waals surface area contributed by atoms with Crippen LogP contribution in [0.1, 0.15) is 53.9 Å². The van der Waals surface area contributed by atoms with Crippen LogP contribution in [-0.2, 0) is 16.1 Å². The maximum atomic E-state index is 14.1. The van der Waals surface area contributed by atoms with Crippen molar-refractivity contribution in [2.45, 2.75) is 58.0 Å². The number of hydrogen-bond donors (Lipinski definition) is 1. The third kappa shape index (κ3) is 3.92. The van der Waals surface area contributed by atoms with Crippen LogP contribution >= 0.6 is 0 Å². The van der Waals surface area contributed by atoms with E-state index >= 15 is 0 Å². The fourth-order valence-electron chi connectivity index (χ4n) is 5.52. The lowest BCUT2D eigenvalue weighted by molar-refractivity contribution is -0.123. The quantitative estimate of drug-likeness (QED) is 0.705. The van der Waals surface area contributed by atoms with Crippen molar-refractivity contribution in [3.05, 3.63) is 52.6 Å². The summed E-state index contributed by atoms with van der Waals surface area (Å²) in [5.41, 5.74) is 11.9. The van der Waals surface area contributed by atoms with Crippen LogP contribution < -0.4 is 15.4 Å². The summed E-state index contributed by atoms with van der Waals surface area (Å²) in [5.74, 6) is 0.808. The summed E-state index contributed by atoms with van der Waals surface area (Å²) in [4.78, 5) is 29.6. The molecule has 0 aromatic heterocycles. The predicted molar refractivity (Wildman–Crippen MR) is 130 cm³/mol. The van der Waals surface area contributed by atoms with Gasteiger partial charge in [0.05, 0.1) is 38.2 Å². The van der Waals surface area contributed by atoms with Crippen molar-refractivity contribution in [2.75, 3.05) is 25.2 Å². The first-order valence-corrected chi connectivity index (χ1v) is 12.1. The molecule has 7 nitrogen and oxygen atoms in total. The van der Waals surface area contributed by atoms with Crippen LogP contribution in [-0.4, -0.2) is 43.2 Å². The van der Waals surface area contributed by atoms with E-state index in [1.54, 1.807) is 7.11 Å². The molecule has 3 amide bonds. The van der Waals surface area contributed by atoms with Gasteiger partial charge in [-0.2, -0.15) is 0 Å². The lowest BCUT2D eigenvalue weighted by Crippen LogP contribution is -2.51. The molecular formula is C27H33N3O4. The SMILES string of the molecule is COc1cc(N2C(=O)N(C3CCC(C(N)=O)CC3)Cc3c(C)cc(C4COC4)cc32)ccc1C. The van der Waals surface area contributed by atoms with Crippen molar-refractivity contribution < 1.29 is 19.1 Å². The first-order valence-electron chi connectivity index (χ1n) is 12.1. The minimum Gasteiger partial charge on any atom is -0.496 e. The molecule has 0 atom stereocenters. The van der Waals surface area contributed by atoms with Gasteiger partial charge in [-0.25, -0.2) is 4.79 Å². The van der Waals surface area contributed by atoms with Crippen LogP contribution in [0.3, 0.4) is 0 Å². The molecule has 0 spiro atoms. The summed E-state index contributed by atoms with van der Waals surface area (Å²) in [5, 5.41) is 0. The molecule has 2 aromatic rings. The van der Waals surface area contributed by atoms with Crippen LogP contribution in [0.2, 0.25) is 0 Å². The summed E-state index contributed by atoms with van der Waals surface area (Å²) in [6.45, 7) is 6.15. The van der Waals surface area contributed by atoms with E-state index in [1.165, 1.54) is 16.7 Å². The average Bonchev–Trinajstić information content (AvgIpc) is 2.78. The molecule has 3 aliphatic rings. The highest BCUT2D eigenvalue weighted by Gasteiger charge is 2.39. The van der Waals surface area contributed by atoms with Gasteiger partial charge in [0.15, 0.2) is 0 Å². The highest BCUT2D eigenvalue weighted by Crippen LogP contribution is 2.43. The molecule has 2 aromatic carbocycles. The topological polar surface area (TPSA) is 85.1 Å².